The van der Waals surface area contributed by atoms with Crippen LogP contribution in [0.2, 0.25) is 0 Å². The van der Waals surface area contributed by atoms with E-state index >= 15 is 0 Å². The molecule has 126 valence electrons. The number of aromatic amines is 1. The van der Waals surface area contributed by atoms with Gasteiger partial charge in [-0.2, -0.15) is 0 Å². The maximum atomic E-state index is 12.6. The number of nitrogens with two attached hydrogens (primary N) is 1. The van der Waals surface area contributed by atoms with Crippen molar-refractivity contribution in [1.29, 1.82) is 0 Å². The molecule has 0 radical (unpaired) electrons. The summed E-state index contributed by atoms with van der Waals surface area (Å²) in [5.74, 6) is 0.799. The summed E-state index contributed by atoms with van der Waals surface area (Å²) in [4.78, 5) is 26.7. The standard InChI is InChI=1S/C18H16N4OS2/c1-9-10(2)25-17-15(9)16(19)21-18(22-17)24-8-14(23)12-7-20-13-6-4-3-5-11(12)13/h3-7,20H,8H2,1-2H3,(H2,19,21,22). The molecule has 0 spiro atoms. The van der Waals surface area contributed by atoms with Crippen LogP contribution in [0.25, 0.3) is 21.1 Å². The lowest BCUT2D eigenvalue weighted by Gasteiger charge is -2.03. The first-order chi connectivity index (χ1) is 12.0. The number of hydrogen-bond acceptors (Lipinski definition) is 6. The van der Waals surface area contributed by atoms with Crippen LogP contribution in [0, 0.1) is 13.8 Å². The van der Waals surface area contributed by atoms with Gasteiger partial charge in [-0.05, 0) is 25.5 Å². The molecule has 1 aromatic carbocycles. The molecule has 25 heavy (non-hydrogen) atoms. The van der Waals surface area contributed by atoms with Crippen molar-refractivity contribution in [2.24, 2.45) is 0 Å². The molecule has 0 amide bonds. The minimum absolute atomic E-state index is 0.0447. The maximum Gasteiger partial charge on any atom is 0.191 e. The van der Waals surface area contributed by atoms with Crippen LogP contribution in [0.4, 0.5) is 5.82 Å². The van der Waals surface area contributed by atoms with E-state index in [1.807, 2.05) is 31.2 Å². The number of anilines is 1. The van der Waals surface area contributed by atoms with E-state index in [4.69, 9.17) is 5.73 Å². The number of nitrogen functional groups attached to an aromatic ring is 1. The van der Waals surface area contributed by atoms with Crippen LogP contribution < -0.4 is 5.73 Å². The van der Waals surface area contributed by atoms with E-state index in [1.54, 1.807) is 17.5 Å². The number of nitrogens with one attached hydrogen (secondary N) is 1. The highest BCUT2D eigenvalue weighted by atomic mass is 32.2. The van der Waals surface area contributed by atoms with Crippen molar-refractivity contribution in [2.75, 3.05) is 11.5 Å². The van der Waals surface area contributed by atoms with Crippen LogP contribution in [0.5, 0.6) is 0 Å². The number of nitrogens with zero attached hydrogens (tertiary/aromatic N) is 2. The molecule has 0 bridgehead atoms. The van der Waals surface area contributed by atoms with Crippen molar-refractivity contribution in [3.05, 3.63) is 46.5 Å². The quantitative estimate of drug-likeness (QED) is 0.318. The van der Waals surface area contributed by atoms with Gasteiger partial charge in [0.1, 0.15) is 10.6 Å². The van der Waals surface area contributed by atoms with Gasteiger partial charge < -0.3 is 10.7 Å². The average molecular weight is 368 g/mol. The zero-order chi connectivity index (χ0) is 17.6. The predicted molar refractivity (Wildman–Crippen MR) is 105 cm³/mol. The topological polar surface area (TPSA) is 84.7 Å². The number of thiophene rings is 1. The number of aryl methyl sites for hydroxylation is 2. The van der Waals surface area contributed by atoms with Crippen LogP contribution in [0.3, 0.4) is 0 Å². The highest BCUT2D eigenvalue weighted by molar-refractivity contribution is 7.99. The van der Waals surface area contributed by atoms with Gasteiger partial charge in [-0.3, -0.25) is 4.79 Å². The fraction of sp³-hybridized carbons (Fsp3) is 0.167. The first-order valence-corrected chi connectivity index (χ1v) is 9.60. The molecule has 0 unspecified atom stereocenters. The zero-order valence-corrected chi connectivity index (χ0v) is 15.4. The fourth-order valence-electron chi connectivity index (χ4n) is 2.83. The molecule has 0 saturated carbocycles. The van der Waals surface area contributed by atoms with Gasteiger partial charge in [-0.1, -0.05) is 30.0 Å². The zero-order valence-electron chi connectivity index (χ0n) is 13.8. The Morgan fingerprint density at radius 1 is 1.28 bits per heavy atom. The monoisotopic (exact) mass is 368 g/mol. The summed E-state index contributed by atoms with van der Waals surface area (Å²) in [6.45, 7) is 4.08. The molecule has 3 aromatic heterocycles. The average Bonchev–Trinajstić information content (AvgIpc) is 3.14. The number of rotatable bonds is 4. The molecule has 0 aliphatic rings. The Hall–Kier alpha value is -2.38. The van der Waals surface area contributed by atoms with E-state index in [9.17, 15) is 4.79 Å². The Morgan fingerprint density at radius 2 is 2.08 bits per heavy atom. The third-order valence-electron chi connectivity index (χ3n) is 4.26. The van der Waals surface area contributed by atoms with E-state index in [2.05, 4.69) is 21.9 Å². The number of para-hydroxylation sites is 1. The largest absolute Gasteiger partial charge is 0.383 e. The summed E-state index contributed by atoms with van der Waals surface area (Å²) in [5.41, 5.74) is 8.88. The fourth-order valence-corrected chi connectivity index (χ4v) is 4.66. The van der Waals surface area contributed by atoms with Crippen molar-refractivity contribution in [1.82, 2.24) is 15.0 Å². The lowest BCUT2D eigenvalue weighted by atomic mass is 10.1. The summed E-state index contributed by atoms with van der Waals surface area (Å²) < 4.78 is 0. The number of Topliss-reactive ketones (excluding diaryl/α,β-unsaturated/α-hetero) is 1. The smallest absolute Gasteiger partial charge is 0.191 e. The molecule has 0 saturated heterocycles. The summed E-state index contributed by atoms with van der Waals surface area (Å²) >= 11 is 2.93. The molecule has 7 heteroatoms. The van der Waals surface area contributed by atoms with Crippen molar-refractivity contribution >= 4 is 55.8 Å². The van der Waals surface area contributed by atoms with Crippen LogP contribution >= 0.6 is 23.1 Å². The molecule has 3 heterocycles. The van der Waals surface area contributed by atoms with Crippen molar-refractivity contribution in [2.45, 2.75) is 19.0 Å². The Kier molecular flexibility index (Phi) is 3.97. The van der Waals surface area contributed by atoms with Crippen LogP contribution in [0.15, 0.2) is 35.6 Å². The molecule has 0 fully saturated rings. The minimum atomic E-state index is 0.0447. The number of benzene rings is 1. The van der Waals surface area contributed by atoms with Gasteiger partial charge in [-0.25, -0.2) is 9.97 Å². The number of thioether (sulfide) groups is 1. The summed E-state index contributed by atoms with van der Waals surface area (Å²) in [6.07, 6.45) is 1.76. The first kappa shape index (κ1) is 16.1. The Balaban J connectivity index is 1.59. The number of carbonyl (C=O) groups is 1. The second-order valence-electron chi connectivity index (χ2n) is 5.81. The molecule has 5 nitrogen and oxygen atoms in total. The Morgan fingerprint density at radius 3 is 2.92 bits per heavy atom. The van der Waals surface area contributed by atoms with Gasteiger partial charge in [-0.15, -0.1) is 11.3 Å². The van der Waals surface area contributed by atoms with Gasteiger partial charge in [0, 0.05) is 27.5 Å². The Bertz CT molecular complexity index is 1110. The molecular weight excluding hydrogens is 352 g/mol. The summed E-state index contributed by atoms with van der Waals surface area (Å²) in [6, 6.07) is 7.78. The summed E-state index contributed by atoms with van der Waals surface area (Å²) in [5, 5.41) is 2.41. The lowest BCUT2D eigenvalue weighted by molar-refractivity contribution is 0.102. The molecule has 0 aliphatic carbocycles. The van der Waals surface area contributed by atoms with E-state index in [0.717, 1.165) is 26.7 Å². The predicted octanol–water partition coefficient (Wildman–Crippen LogP) is 4.35. The van der Waals surface area contributed by atoms with Crippen LogP contribution in [-0.2, 0) is 0 Å². The van der Waals surface area contributed by atoms with Gasteiger partial charge >= 0.3 is 0 Å². The highest BCUT2D eigenvalue weighted by Crippen LogP contribution is 2.33. The second kappa shape index (κ2) is 6.16. The van der Waals surface area contributed by atoms with Crippen molar-refractivity contribution in [3.63, 3.8) is 0 Å². The van der Waals surface area contributed by atoms with Gasteiger partial charge in [0.25, 0.3) is 0 Å². The Labute approximate surface area is 152 Å². The first-order valence-electron chi connectivity index (χ1n) is 7.80. The van der Waals surface area contributed by atoms with E-state index in [-0.39, 0.29) is 11.5 Å². The molecule has 3 N–H and O–H groups in total. The SMILES string of the molecule is Cc1sc2nc(SCC(=O)c3c[nH]c4ccccc34)nc(N)c2c1C. The minimum Gasteiger partial charge on any atom is -0.383 e. The third-order valence-corrected chi connectivity index (χ3v) is 6.21. The molecule has 0 aliphatic heterocycles. The molecule has 4 aromatic rings. The van der Waals surface area contributed by atoms with Crippen LogP contribution in [0.1, 0.15) is 20.8 Å². The number of fused-ring (bicyclic) bond motifs is 2. The van der Waals surface area contributed by atoms with Gasteiger partial charge in [0.05, 0.1) is 11.1 Å². The van der Waals surface area contributed by atoms with E-state index < -0.39 is 0 Å². The summed E-state index contributed by atoms with van der Waals surface area (Å²) in [7, 11) is 0. The number of aromatic nitrogens is 3. The van der Waals surface area contributed by atoms with Crippen LogP contribution in [-0.4, -0.2) is 26.5 Å². The van der Waals surface area contributed by atoms with Gasteiger partial charge in [0.15, 0.2) is 10.9 Å². The van der Waals surface area contributed by atoms with Crippen molar-refractivity contribution in [3.8, 4) is 0 Å². The highest BCUT2D eigenvalue weighted by Gasteiger charge is 2.16. The van der Waals surface area contributed by atoms with E-state index in [0.29, 0.717) is 16.5 Å². The second-order valence-corrected chi connectivity index (χ2v) is 7.96. The molecule has 4 rings (SSSR count). The van der Waals surface area contributed by atoms with E-state index in [1.165, 1.54) is 16.6 Å². The third kappa shape index (κ3) is 2.79. The normalized spacial score (nSPS) is 11.4. The molecular formula is C18H16N4OS2. The number of H-pyrrole nitrogens is 1. The maximum absolute atomic E-state index is 12.6. The molecule has 0 atom stereocenters. The lowest BCUT2D eigenvalue weighted by Crippen LogP contribution is -2.03. The van der Waals surface area contributed by atoms with Gasteiger partial charge in [0.2, 0.25) is 0 Å². The number of hydrogen-bond donors (Lipinski definition) is 2. The number of carbonyl (C=O) groups excluding carboxylic acids is 1. The number of ketones is 1. The van der Waals surface area contributed by atoms with Crippen molar-refractivity contribution < 1.29 is 4.79 Å².